The highest BCUT2D eigenvalue weighted by atomic mass is 32.1. The van der Waals surface area contributed by atoms with Crippen molar-refractivity contribution in [3.8, 4) is 5.75 Å². The fourth-order valence-electron chi connectivity index (χ4n) is 13.7. The Morgan fingerprint density at radius 2 is 0.785 bits per heavy atom. The first-order chi connectivity index (χ1) is 67.6. The number of aliphatic hydroxyl groups excluding tert-OH is 4. The first kappa shape index (κ1) is 124. The van der Waals surface area contributed by atoms with E-state index in [0.717, 1.165) is 25.7 Å². The molecule has 1 fully saturated rings. The molecule has 1 saturated heterocycles. The van der Waals surface area contributed by atoms with Gasteiger partial charge < -0.3 is 164 Å². The number of nitrogens with zero attached hydrogens (tertiary/aromatic N) is 1. The molecule has 1 heterocycles. The first-order valence-electron chi connectivity index (χ1n) is 45.2. The maximum Gasteiger partial charge on any atom is 0.327 e. The molecule has 144 heavy (non-hydrogen) atoms. The number of rotatable bonds is 64. The van der Waals surface area contributed by atoms with Crippen LogP contribution in [0.5, 0.6) is 5.75 Å². The largest absolute Gasteiger partial charge is 0.508 e. The van der Waals surface area contributed by atoms with Crippen LogP contribution in [0.2, 0.25) is 0 Å². The molecular weight excluding hydrogens is 1950 g/mol. The first-order valence-corrected chi connectivity index (χ1v) is 46.4. The lowest BCUT2D eigenvalue weighted by molar-refractivity contribution is -0.144. The molecule has 56 nitrogen and oxygen atoms in total. The van der Waals surface area contributed by atoms with Gasteiger partial charge in [-0.3, -0.25) is 115 Å². The van der Waals surface area contributed by atoms with E-state index in [1.807, 2.05) is 0 Å². The van der Waals surface area contributed by atoms with Gasteiger partial charge >= 0.3 is 17.9 Å². The Hall–Kier alpha value is -14.5. The zero-order valence-corrected chi connectivity index (χ0v) is 81.4. The van der Waals surface area contributed by atoms with Gasteiger partial charge in [-0.05, 0) is 88.0 Å². The fourth-order valence-corrected chi connectivity index (χ4v) is 14.2. The quantitative estimate of drug-likeness (QED) is 0.0274. The minimum absolute atomic E-state index is 0.0963. The third kappa shape index (κ3) is 43.1. The highest BCUT2D eigenvalue weighted by molar-refractivity contribution is 7.80. The molecule has 0 aliphatic carbocycles. The van der Waals surface area contributed by atoms with Crippen LogP contribution in [0.3, 0.4) is 0 Å². The van der Waals surface area contributed by atoms with E-state index in [1.165, 1.54) is 45.0 Å². The predicted octanol–water partition coefficient (Wildman–Crippen LogP) is -13.7. The van der Waals surface area contributed by atoms with Crippen molar-refractivity contribution in [2.45, 2.75) is 247 Å². The summed E-state index contributed by atoms with van der Waals surface area (Å²) in [7, 11) is 0. The topological polar surface area (TPSA) is 912 Å². The molecule has 0 bridgehead atoms. The second kappa shape index (κ2) is 62.0. The summed E-state index contributed by atoms with van der Waals surface area (Å²) >= 11 is 8.03. The van der Waals surface area contributed by atoms with Gasteiger partial charge in [0.15, 0.2) is 0 Å². The number of carboxylic acids is 3. The fraction of sp³-hybridized carbons (Fsp3) is 0.570. The van der Waals surface area contributed by atoms with Crippen LogP contribution in [0.1, 0.15) is 130 Å². The number of aliphatic carboxylic acids is 3. The molecule has 2 aromatic carbocycles. The number of carbonyl (C=O) groups excluding carboxylic acids is 22. The van der Waals surface area contributed by atoms with E-state index in [4.69, 9.17) is 22.9 Å². The average molecular weight is 2080 g/mol. The SMILES string of the molecule is CC[C@H](C)[C@H](NC(=O)[C@H](CCC(=O)O)NC(=O)[C@@H](NC(=O)[C@@H](N)CO)[C@@H](C)O)C(=O)N[C@@H](Cc1ccc(O)cc1)C(=O)N[C@@H](CCC(N)=O)C(=O)N[C@@H](C)C(=O)NCC(=O)N[C@@H](CO)C(=O)N[C@H](C(=O)N1CCC[C@H]1C(=O)N[C@@H](CS)C(=O)N[C@@H](CC(N)=O)C(=O)NCC(=O)N[C@H](C(=O)N[C@@H](CCC(=O)O)C(=O)NCC(=O)N[C@@H](Cc1ccccc1)C(=O)N[C@@H](CC(N)=O)C(=O)N[C@@H](CS)C(=O)O)C(C)C)[C@@H](C)O. The normalized spacial score (nSPS) is 16.0. The molecule has 20 atom stereocenters. The molecule has 1 aliphatic rings. The summed E-state index contributed by atoms with van der Waals surface area (Å²) in [5, 5.41) is 120. The zero-order valence-electron chi connectivity index (χ0n) is 79.6. The van der Waals surface area contributed by atoms with Crippen LogP contribution in [-0.4, -0.2) is 359 Å². The van der Waals surface area contributed by atoms with Crippen molar-refractivity contribution < 1.29 is 161 Å². The van der Waals surface area contributed by atoms with E-state index in [2.05, 4.69) is 121 Å². The molecule has 798 valence electrons. The Labute approximate surface area is 834 Å². The molecule has 0 radical (unpaired) electrons. The zero-order chi connectivity index (χ0) is 109. The van der Waals surface area contributed by atoms with Crippen LogP contribution in [0.15, 0.2) is 54.6 Å². The van der Waals surface area contributed by atoms with Gasteiger partial charge in [0.1, 0.15) is 108 Å². The smallest absolute Gasteiger partial charge is 0.327 e. The van der Waals surface area contributed by atoms with Crippen LogP contribution in [0.4, 0.5) is 0 Å². The molecule has 34 N–H and O–H groups in total. The number of likely N-dealkylation sites (tertiary alicyclic amines) is 1. The number of thiol groups is 2. The summed E-state index contributed by atoms with van der Waals surface area (Å²) in [5.74, 6) is -32.2. The number of aromatic hydroxyl groups is 1. The summed E-state index contributed by atoms with van der Waals surface area (Å²) in [6, 6.07) is -15.9. The third-order valence-electron chi connectivity index (χ3n) is 21.9. The lowest BCUT2D eigenvalue weighted by atomic mass is 9.96. The van der Waals surface area contributed by atoms with E-state index < -0.39 is 377 Å². The molecule has 0 unspecified atom stereocenters. The van der Waals surface area contributed by atoms with E-state index in [1.54, 1.807) is 37.3 Å². The van der Waals surface area contributed by atoms with Gasteiger partial charge in [-0.25, -0.2) is 4.79 Å². The molecule has 22 amide bonds. The van der Waals surface area contributed by atoms with Crippen LogP contribution in [0, 0.1) is 11.8 Å². The van der Waals surface area contributed by atoms with Gasteiger partial charge in [-0.2, -0.15) is 25.3 Å². The number of hydrogen-bond acceptors (Lipinski definition) is 33. The highest BCUT2D eigenvalue weighted by Gasteiger charge is 2.44. The van der Waals surface area contributed by atoms with E-state index in [0.29, 0.717) is 5.56 Å². The Morgan fingerprint density at radius 1 is 0.396 bits per heavy atom. The molecule has 0 saturated carbocycles. The minimum atomic E-state index is -1.95. The third-order valence-corrected chi connectivity index (χ3v) is 22.6. The van der Waals surface area contributed by atoms with Crippen molar-refractivity contribution in [2.75, 3.05) is 50.9 Å². The standard InChI is InChI=1S/C86H129N23O33S2/c1-8-39(4)67(106-75(130)49(22-25-65(123)124)99-84(139)68(41(6)112)107-71(126)46(87)34-110)83(138)102-51(28-44-16-18-45(114)19-17-44)77(132)97-48(20-23-58(88)115)74(129)94-40(5)70(125)91-31-62(119)96-54(35-111)79(134)108-69(42(7)113)85(140)109-26-12-15-57(109)81(136)103-55(36-143)80(135)100-52(29-59(89)116)73(128)93-33-63(120)105-66(38(2)3)82(137)98-47(21-24-64(121)122)72(127)92-32-61(118)95-50(27-43-13-10-9-11-14-43)76(131)101-53(30-60(90)117)78(133)104-56(37-144)86(141)142/h9-11,13-14,16-19,38-42,46-57,66-69,110-114,143-144H,8,12,15,20-37,87H2,1-7H3,(H2,88,115)(H2,89,116)(H2,90,117)(H,91,125)(H,92,127)(H,93,128)(H,94,129)(H,95,118)(H,96,119)(H,97,132)(H,98,137)(H,99,139)(H,100,135)(H,101,131)(H,102,138)(H,103,136)(H,104,133)(H,105,120)(H,106,130)(H,107,126)(H,108,134)(H,121,122)(H,123,124)(H,141,142)/t39-,40-,41+,42+,46-,47-,48-,49-,50-,51-,52-,53-,54-,55-,56-,57-,66-,67-,68-,69-/m0/s1. The molecule has 58 heteroatoms. The molecule has 3 rings (SSSR count). The van der Waals surface area contributed by atoms with Crippen molar-refractivity contribution in [3.05, 3.63) is 65.7 Å². The summed E-state index contributed by atoms with van der Waals surface area (Å²) in [4.78, 5) is 334. The Bertz CT molecular complexity index is 4890. The van der Waals surface area contributed by atoms with Crippen molar-refractivity contribution in [2.24, 2.45) is 34.8 Å². The van der Waals surface area contributed by atoms with E-state index >= 15 is 0 Å². The number of phenolic OH excluding ortho intramolecular Hbond substituents is 1. The molecule has 0 spiro atoms. The molecular formula is C86H129N23O33S2. The maximum absolute atomic E-state index is 14.5. The number of nitrogens with two attached hydrogens (primary N) is 4. The number of hydrogen-bond donors (Lipinski definition) is 32. The lowest BCUT2D eigenvalue weighted by Crippen LogP contribution is -2.62. The van der Waals surface area contributed by atoms with Gasteiger partial charge in [0.25, 0.3) is 0 Å². The Kier molecular flexibility index (Phi) is 53.3. The number of phenols is 1. The minimum Gasteiger partial charge on any atom is -0.508 e. The van der Waals surface area contributed by atoms with Crippen LogP contribution >= 0.6 is 25.3 Å². The molecule has 2 aromatic rings. The Morgan fingerprint density at radius 3 is 1.26 bits per heavy atom. The molecule has 1 aliphatic heterocycles. The van der Waals surface area contributed by atoms with Gasteiger partial charge in [0.2, 0.25) is 130 Å². The van der Waals surface area contributed by atoms with Crippen LogP contribution in [0.25, 0.3) is 0 Å². The van der Waals surface area contributed by atoms with E-state index in [9.17, 15) is 161 Å². The predicted molar refractivity (Wildman–Crippen MR) is 505 cm³/mol. The number of primary amides is 3. The van der Waals surface area contributed by atoms with Crippen molar-refractivity contribution >= 4 is 173 Å². The number of aliphatic hydroxyl groups is 4. The summed E-state index contributed by atoms with van der Waals surface area (Å²) in [6.07, 6.45) is -9.69. The highest BCUT2D eigenvalue weighted by Crippen LogP contribution is 2.22. The van der Waals surface area contributed by atoms with Gasteiger partial charge in [0, 0.05) is 50.2 Å². The average Bonchev–Trinajstić information content (AvgIpc) is 1.66. The number of nitrogens with one attached hydrogen (secondary N) is 18. The maximum atomic E-state index is 14.5. The van der Waals surface area contributed by atoms with Crippen molar-refractivity contribution in [3.63, 3.8) is 0 Å². The lowest BCUT2D eigenvalue weighted by Gasteiger charge is -2.31. The monoisotopic (exact) mass is 2080 g/mol. The number of carboxylic acid groups (broad SMARTS) is 3. The van der Waals surface area contributed by atoms with Crippen molar-refractivity contribution in [1.29, 1.82) is 0 Å². The summed E-state index contributed by atoms with van der Waals surface area (Å²) in [6.45, 7) is 3.95. The number of amides is 22. The Balaban J connectivity index is 1.72. The van der Waals surface area contributed by atoms with Gasteiger partial charge in [-0.15, -0.1) is 0 Å². The van der Waals surface area contributed by atoms with Crippen LogP contribution in [-0.2, 0) is 133 Å². The summed E-state index contributed by atoms with van der Waals surface area (Å²) < 4.78 is 0. The number of carbonyl (C=O) groups is 25. The van der Waals surface area contributed by atoms with Crippen LogP contribution < -0.4 is 119 Å². The second-order valence-electron chi connectivity index (χ2n) is 33.9. The second-order valence-corrected chi connectivity index (χ2v) is 34.6. The summed E-state index contributed by atoms with van der Waals surface area (Å²) in [5.41, 5.74) is 22.4. The number of benzene rings is 2. The van der Waals surface area contributed by atoms with Gasteiger partial charge in [-0.1, -0.05) is 76.6 Å². The molecule has 0 aromatic heterocycles. The van der Waals surface area contributed by atoms with Gasteiger partial charge in [0.05, 0.1) is 57.9 Å². The van der Waals surface area contributed by atoms with Crippen molar-refractivity contribution in [1.82, 2.24) is 101 Å². The van der Waals surface area contributed by atoms with E-state index in [-0.39, 0.29) is 43.5 Å².